The zero-order valence-electron chi connectivity index (χ0n) is 16.0. The SMILES string of the molecule is O=C(CN1CCOCC1)N1CCCC1c1cccc(Cc2ccccc2F)n1. The third-order valence-electron chi connectivity index (χ3n) is 5.53. The molecule has 1 aromatic carbocycles. The van der Waals surface area contributed by atoms with Crippen LogP contribution < -0.4 is 0 Å². The number of halogens is 1. The fraction of sp³-hybridized carbons (Fsp3) is 0.455. The summed E-state index contributed by atoms with van der Waals surface area (Å²) in [5.74, 6) is -0.0522. The number of nitrogens with zero attached hydrogens (tertiary/aromatic N) is 3. The van der Waals surface area contributed by atoms with Crippen molar-refractivity contribution in [3.63, 3.8) is 0 Å². The van der Waals surface area contributed by atoms with E-state index in [1.807, 2.05) is 29.2 Å². The zero-order chi connectivity index (χ0) is 19.3. The van der Waals surface area contributed by atoms with E-state index < -0.39 is 0 Å². The Morgan fingerprint density at radius 2 is 1.93 bits per heavy atom. The van der Waals surface area contributed by atoms with Crippen LogP contribution in [0.1, 0.15) is 35.8 Å². The quantitative estimate of drug-likeness (QED) is 0.797. The fourth-order valence-corrected chi connectivity index (χ4v) is 4.03. The Balaban J connectivity index is 1.46. The molecule has 5 nitrogen and oxygen atoms in total. The minimum absolute atomic E-state index is 0.00844. The number of rotatable bonds is 5. The van der Waals surface area contributed by atoms with Crippen LogP contribution >= 0.6 is 0 Å². The summed E-state index contributed by atoms with van der Waals surface area (Å²) in [6.07, 6.45) is 2.36. The van der Waals surface area contributed by atoms with Crippen molar-refractivity contribution in [1.82, 2.24) is 14.8 Å². The van der Waals surface area contributed by atoms with Gasteiger partial charge in [0, 0.05) is 31.7 Å². The maximum Gasteiger partial charge on any atom is 0.237 e. The molecule has 2 aromatic rings. The summed E-state index contributed by atoms with van der Waals surface area (Å²) in [5.41, 5.74) is 2.37. The minimum Gasteiger partial charge on any atom is -0.379 e. The molecule has 2 aliphatic heterocycles. The smallest absolute Gasteiger partial charge is 0.237 e. The van der Waals surface area contributed by atoms with Crippen molar-refractivity contribution >= 4 is 5.91 Å². The minimum atomic E-state index is -0.210. The second-order valence-electron chi connectivity index (χ2n) is 7.46. The number of likely N-dealkylation sites (tertiary alicyclic amines) is 1. The molecule has 4 rings (SSSR count). The zero-order valence-corrected chi connectivity index (χ0v) is 16.0. The van der Waals surface area contributed by atoms with Crippen LogP contribution in [0.25, 0.3) is 0 Å². The molecule has 0 N–H and O–H groups in total. The highest BCUT2D eigenvalue weighted by atomic mass is 19.1. The molecule has 28 heavy (non-hydrogen) atoms. The van der Waals surface area contributed by atoms with E-state index in [9.17, 15) is 9.18 Å². The maximum atomic E-state index is 14.0. The fourth-order valence-electron chi connectivity index (χ4n) is 4.03. The van der Waals surface area contributed by atoms with Crippen LogP contribution in [0.3, 0.4) is 0 Å². The predicted molar refractivity (Wildman–Crippen MR) is 104 cm³/mol. The molecule has 2 fully saturated rings. The molecule has 1 amide bonds. The number of morpholine rings is 1. The molecular formula is C22H26FN3O2. The number of ether oxygens (including phenoxy) is 1. The van der Waals surface area contributed by atoms with Crippen molar-refractivity contribution in [2.45, 2.75) is 25.3 Å². The van der Waals surface area contributed by atoms with Gasteiger partial charge < -0.3 is 9.64 Å². The highest BCUT2D eigenvalue weighted by molar-refractivity contribution is 5.79. The Morgan fingerprint density at radius 3 is 2.75 bits per heavy atom. The topological polar surface area (TPSA) is 45.7 Å². The van der Waals surface area contributed by atoms with E-state index >= 15 is 0 Å². The molecule has 3 heterocycles. The average Bonchev–Trinajstić information content (AvgIpc) is 3.21. The third-order valence-corrected chi connectivity index (χ3v) is 5.53. The first kappa shape index (κ1) is 19.0. The Labute approximate surface area is 165 Å². The Bertz CT molecular complexity index is 823. The average molecular weight is 383 g/mol. The van der Waals surface area contributed by atoms with Gasteiger partial charge in [0.2, 0.25) is 5.91 Å². The van der Waals surface area contributed by atoms with Gasteiger partial charge in [-0.25, -0.2) is 4.39 Å². The van der Waals surface area contributed by atoms with Crippen molar-refractivity contribution in [2.75, 3.05) is 39.4 Å². The van der Waals surface area contributed by atoms with E-state index in [1.54, 1.807) is 12.1 Å². The van der Waals surface area contributed by atoms with Gasteiger partial charge in [0.15, 0.2) is 0 Å². The first-order valence-corrected chi connectivity index (χ1v) is 9.99. The largest absolute Gasteiger partial charge is 0.379 e. The van der Waals surface area contributed by atoms with Gasteiger partial charge in [0.05, 0.1) is 31.5 Å². The van der Waals surface area contributed by atoms with E-state index in [0.717, 1.165) is 43.9 Å². The van der Waals surface area contributed by atoms with Gasteiger partial charge in [-0.3, -0.25) is 14.7 Å². The normalized spacial score (nSPS) is 20.5. The number of hydrogen-bond donors (Lipinski definition) is 0. The summed E-state index contributed by atoms with van der Waals surface area (Å²) >= 11 is 0. The highest BCUT2D eigenvalue weighted by Gasteiger charge is 2.31. The number of pyridine rings is 1. The third kappa shape index (κ3) is 4.39. The molecule has 148 valence electrons. The van der Waals surface area contributed by atoms with E-state index in [4.69, 9.17) is 9.72 Å². The number of hydrogen-bond acceptors (Lipinski definition) is 4. The molecule has 0 aliphatic carbocycles. The summed E-state index contributed by atoms with van der Waals surface area (Å²) in [6, 6.07) is 12.7. The lowest BCUT2D eigenvalue weighted by molar-refractivity contribution is -0.134. The lowest BCUT2D eigenvalue weighted by Crippen LogP contribution is -2.44. The number of aromatic nitrogens is 1. The van der Waals surface area contributed by atoms with Crippen LogP contribution in [-0.4, -0.2) is 60.1 Å². The second-order valence-corrected chi connectivity index (χ2v) is 7.46. The van der Waals surface area contributed by atoms with Gasteiger partial charge in [0.1, 0.15) is 5.82 Å². The summed E-state index contributed by atoms with van der Waals surface area (Å²) in [7, 11) is 0. The number of carbonyl (C=O) groups excluding carboxylic acids is 1. The monoisotopic (exact) mass is 383 g/mol. The van der Waals surface area contributed by atoms with Gasteiger partial charge >= 0.3 is 0 Å². The van der Waals surface area contributed by atoms with Gasteiger partial charge in [-0.15, -0.1) is 0 Å². The van der Waals surface area contributed by atoms with Crippen LogP contribution in [0, 0.1) is 5.82 Å². The highest BCUT2D eigenvalue weighted by Crippen LogP contribution is 2.31. The number of amides is 1. The van der Waals surface area contributed by atoms with Crippen LogP contribution in [0.5, 0.6) is 0 Å². The molecule has 2 saturated heterocycles. The first-order chi connectivity index (χ1) is 13.7. The molecule has 2 aliphatic rings. The van der Waals surface area contributed by atoms with Crippen LogP contribution in [-0.2, 0) is 16.0 Å². The molecule has 1 aromatic heterocycles. The Kier molecular flexibility index (Phi) is 5.98. The van der Waals surface area contributed by atoms with Crippen molar-refractivity contribution in [2.24, 2.45) is 0 Å². The maximum absolute atomic E-state index is 14.0. The summed E-state index contributed by atoms with van der Waals surface area (Å²) in [6.45, 7) is 4.20. The van der Waals surface area contributed by atoms with E-state index in [1.165, 1.54) is 6.07 Å². The van der Waals surface area contributed by atoms with Gasteiger partial charge in [-0.1, -0.05) is 24.3 Å². The predicted octanol–water partition coefficient (Wildman–Crippen LogP) is 2.81. The number of benzene rings is 1. The van der Waals surface area contributed by atoms with Crippen molar-refractivity contribution in [3.8, 4) is 0 Å². The second kappa shape index (κ2) is 8.80. The molecule has 1 unspecified atom stereocenters. The lowest BCUT2D eigenvalue weighted by Gasteiger charge is -2.30. The van der Waals surface area contributed by atoms with Crippen LogP contribution in [0.4, 0.5) is 4.39 Å². The van der Waals surface area contributed by atoms with E-state index in [2.05, 4.69) is 4.90 Å². The van der Waals surface area contributed by atoms with Gasteiger partial charge in [0.25, 0.3) is 0 Å². The van der Waals surface area contributed by atoms with Crippen molar-refractivity contribution < 1.29 is 13.9 Å². The Morgan fingerprint density at radius 1 is 1.11 bits per heavy atom. The van der Waals surface area contributed by atoms with Crippen LogP contribution in [0.2, 0.25) is 0 Å². The molecule has 0 radical (unpaired) electrons. The van der Waals surface area contributed by atoms with Crippen molar-refractivity contribution in [1.29, 1.82) is 0 Å². The van der Waals surface area contributed by atoms with E-state index in [0.29, 0.717) is 31.7 Å². The van der Waals surface area contributed by atoms with E-state index in [-0.39, 0.29) is 17.8 Å². The van der Waals surface area contributed by atoms with Crippen molar-refractivity contribution in [3.05, 3.63) is 65.2 Å². The molecule has 1 atom stereocenters. The van der Waals surface area contributed by atoms with Gasteiger partial charge in [-0.05, 0) is 36.6 Å². The lowest BCUT2D eigenvalue weighted by atomic mass is 10.1. The molecule has 0 spiro atoms. The van der Waals surface area contributed by atoms with Crippen LogP contribution in [0.15, 0.2) is 42.5 Å². The first-order valence-electron chi connectivity index (χ1n) is 9.99. The summed E-state index contributed by atoms with van der Waals surface area (Å²) < 4.78 is 19.3. The summed E-state index contributed by atoms with van der Waals surface area (Å²) in [4.78, 5) is 21.8. The Hall–Kier alpha value is -2.31. The molecular weight excluding hydrogens is 357 g/mol. The molecule has 0 bridgehead atoms. The van der Waals surface area contributed by atoms with Gasteiger partial charge in [-0.2, -0.15) is 0 Å². The molecule has 0 saturated carbocycles. The summed E-state index contributed by atoms with van der Waals surface area (Å²) in [5, 5.41) is 0. The molecule has 6 heteroatoms. The number of carbonyl (C=O) groups is 1. The standard InChI is InChI=1S/C22H26FN3O2/c23-19-7-2-1-5-17(19)15-18-6-3-8-20(24-18)21-9-4-10-26(21)22(27)16-25-11-13-28-14-12-25/h1-3,5-8,21H,4,9-16H2.